The van der Waals surface area contributed by atoms with E-state index in [0.29, 0.717) is 11.6 Å². The van der Waals surface area contributed by atoms with Crippen LogP contribution in [0.3, 0.4) is 0 Å². The van der Waals surface area contributed by atoms with Crippen molar-refractivity contribution in [1.29, 1.82) is 0 Å². The summed E-state index contributed by atoms with van der Waals surface area (Å²) >= 11 is 0. The predicted molar refractivity (Wildman–Crippen MR) is 161 cm³/mol. The Kier molecular flexibility index (Phi) is 5.27. The molecule has 0 atom stereocenters. The molecule has 3 aromatic heterocycles. The quantitative estimate of drug-likeness (QED) is 0.224. The highest BCUT2D eigenvalue weighted by Crippen LogP contribution is 2.40. The zero-order valence-electron chi connectivity index (χ0n) is 22.8. The van der Waals surface area contributed by atoms with Gasteiger partial charge in [-0.25, -0.2) is 15.0 Å². The van der Waals surface area contributed by atoms with Crippen molar-refractivity contribution in [3.8, 4) is 22.5 Å². The lowest BCUT2D eigenvalue weighted by Crippen LogP contribution is -1.97. The summed E-state index contributed by atoms with van der Waals surface area (Å²) in [5, 5.41) is 5.47. The number of pyridine rings is 1. The third-order valence-electron chi connectivity index (χ3n) is 7.83. The monoisotopic (exact) mass is 507 g/mol. The molecule has 0 aliphatic carbocycles. The fraction of sp³-hybridized carbons (Fsp3) is 0.171. The zero-order chi connectivity index (χ0) is 26.8. The predicted octanol–water partition coefficient (Wildman–Crippen LogP) is 9.46. The number of rotatable bonds is 3. The van der Waals surface area contributed by atoms with E-state index >= 15 is 0 Å². The average Bonchev–Trinajstić information content (AvgIpc) is 3.30. The molecule has 7 rings (SSSR count). The molecule has 0 radical (unpaired) electrons. The Balaban J connectivity index is 1.51. The Morgan fingerprint density at radius 1 is 0.667 bits per heavy atom. The van der Waals surface area contributed by atoms with Crippen molar-refractivity contribution in [2.24, 2.45) is 0 Å². The normalized spacial score (nSPS) is 11.9. The van der Waals surface area contributed by atoms with Gasteiger partial charge in [0.2, 0.25) is 5.71 Å². The van der Waals surface area contributed by atoms with Gasteiger partial charge in [0.05, 0.1) is 16.9 Å². The smallest absolute Gasteiger partial charge is 0.227 e. The lowest BCUT2D eigenvalue weighted by atomic mass is 9.93. The van der Waals surface area contributed by atoms with E-state index in [9.17, 15) is 0 Å². The van der Waals surface area contributed by atoms with Crippen LogP contribution in [-0.2, 0) is 0 Å². The van der Waals surface area contributed by atoms with Crippen molar-refractivity contribution in [2.45, 2.75) is 40.5 Å². The SMILES string of the molecule is Cc1nc(-c2cccc3c2oc2nc(-c4c(C)cccc4C)ccc23)c2ccc3cccc(C(C)C)c3c2n1. The van der Waals surface area contributed by atoms with E-state index in [1.807, 2.05) is 6.92 Å². The molecule has 0 bridgehead atoms. The Morgan fingerprint density at radius 3 is 2.21 bits per heavy atom. The first kappa shape index (κ1) is 23.5. The van der Waals surface area contributed by atoms with E-state index in [2.05, 4.69) is 107 Å². The van der Waals surface area contributed by atoms with E-state index in [0.717, 1.165) is 55.6 Å². The summed E-state index contributed by atoms with van der Waals surface area (Å²) in [6.45, 7) is 10.7. The van der Waals surface area contributed by atoms with Crippen molar-refractivity contribution in [3.05, 3.63) is 101 Å². The molecule has 0 fully saturated rings. The highest BCUT2D eigenvalue weighted by molar-refractivity contribution is 6.14. The molecule has 0 saturated heterocycles. The number of para-hydroxylation sites is 1. The molecule has 39 heavy (non-hydrogen) atoms. The topological polar surface area (TPSA) is 51.8 Å². The number of aryl methyl sites for hydroxylation is 3. The molecule has 0 spiro atoms. The van der Waals surface area contributed by atoms with Crippen molar-refractivity contribution >= 4 is 43.7 Å². The molecule has 7 aromatic rings. The Hall–Kier alpha value is -4.57. The number of benzene rings is 4. The molecule has 0 aliphatic rings. The number of furan rings is 1. The van der Waals surface area contributed by atoms with Crippen molar-refractivity contribution in [3.63, 3.8) is 0 Å². The highest BCUT2D eigenvalue weighted by atomic mass is 16.3. The van der Waals surface area contributed by atoms with Crippen molar-refractivity contribution < 1.29 is 4.42 Å². The maximum absolute atomic E-state index is 6.55. The van der Waals surface area contributed by atoms with Gasteiger partial charge in [-0.3, -0.25) is 0 Å². The maximum Gasteiger partial charge on any atom is 0.227 e. The summed E-state index contributed by atoms with van der Waals surface area (Å²) in [6, 6.07) is 27.7. The van der Waals surface area contributed by atoms with Gasteiger partial charge >= 0.3 is 0 Å². The largest absolute Gasteiger partial charge is 0.437 e. The Bertz CT molecular complexity index is 2060. The molecule has 0 amide bonds. The molecule has 190 valence electrons. The molecule has 4 heteroatoms. The van der Waals surface area contributed by atoms with Gasteiger partial charge in [-0.15, -0.1) is 0 Å². The van der Waals surface area contributed by atoms with Gasteiger partial charge in [-0.05, 0) is 73.0 Å². The molecule has 0 unspecified atom stereocenters. The first-order chi connectivity index (χ1) is 18.9. The lowest BCUT2D eigenvalue weighted by Gasteiger charge is -2.14. The van der Waals surface area contributed by atoms with Gasteiger partial charge < -0.3 is 4.42 Å². The fourth-order valence-corrected chi connectivity index (χ4v) is 6.01. The van der Waals surface area contributed by atoms with E-state index in [4.69, 9.17) is 19.4 Å². The molecule has 4 aromatic carbocycles. The van der Waals surface area contributed by atoms with Gasteiger partial charge in [0.15, 0.2) is 0 Å². The van der Waals surface area contributed by atoms with E-state index in [1.54, 1.807) is 0 Å². The number of nitrogens with zero attached hydrogens (tertiary/aromatic N) is 3. The number of hydrogen-bond donors (Lipinski definition) is 0. The van der Waals surface area contributed by atoms with Crippen LogP contribution in [0.2, 0.25) is 0 Å². The van der Waals surface area contributed by atoms with Crippen LogP contribution in [0.5, 0.6) is 0 Å². The zero-order valence-corrected chi connectivity index (χ0v) is 22.8. The molecule has 0 saturated carbocycles. The summed E-state index contributed by atoms with van der Waals surface area (Å²) in [7, 11) is 0. The summed E-state index contributed by atoms with van der Waals surface area (Å²) in [4.78, 5) is 14.9. The minimum absolute atomic E-state index is 0.383. The van der Waals surface area contributed by atoms with Crippen LogP contribution in [0.15, 0.2) is 83.3 Å². The number of aromatic nitrogens is 3. The van der Waals surface area contributed by atoms with Crippen molar-refractivity contribution in [1.82, 2.24) is 15.0 Å². The van der Waals surface area contributed by atoms with Gasteiger partial charge in [-0.2, -0.15) is 0 Å². The van der Waals surface area contributed by atoms with Crippen molar-refractivity contribution in [2.75, 3.05) is 0 Å². The van der Waals surface area contributed by atoms with E-state index in [-0.39, 0.29) is 0 Å². The standard InChI is InChI=1S/C35H29N3O/c1-19(2)24-12-7-11-23-15-16-27-32(36-22(5)37-33(27)31(23)24)28-14-8-13-25-26-17-18-29(38-35(26)39-34(25)28)30-20(3)9-6-10-21(30)4/h6-19H,1-5H3. The molecular weight excluding hydrogens is 478 g/mol. The van der Waals surface area contributed by atoms with Crippen LogP contribution < -0.4 is 0 Å². The average molecular weight is 508 g/mol. The van der Waals surface area contributed by atoms with Gasteiger partial charge in [0.25, 0.3) is 0 Å². The van der Waals surface area contributed by atoms with Crippen LogP contribution in [-0.4, -0.2) is 15.0 Å². The first-order valence-corrected chi connectivity index (χ1v) is 13.5. The fourth-order valence-electron chi connectivity index (χ4n) is 6.01. The van der Waals surface area contributed by atoms with E-state index < -0.39 is 0 Å². The van der Waals surface area contributed by atoms with Crippen LogP contribution in [0.4, 0.5) is 0 Å². The molecule has 0 N–H and O–H groups in total. The summed E-state index contributed by atoms with van der Waals surface area (Å²) < 4.78 is 6.55. The number of hydrogen-bond acceptors (Lipinski definition) is 4. The van der Waals surface area contributed by atoms with Gasteiger partial charge in [0, 0.05) is 32.7 Å². The number of fused-ring (bicyclic) bond motifs is 6. The van der Waals surface area contributed by atoms with Crippen LogP contribution >= 0.6 is 0 Å². The first-order valence-electron chi connectivity index (χ1n) is 13.5. The van der Waals surface area contributed by atoms with Crippen LogP contribution in [0.1, 0.15) is 42.3 Å². The van der Waals surface area contributed by atoms with Crippen LogP contribution in [0, 0.1) is 20.8 Å². The minimum atomic E-state index is 0.383. The maximum atomic E-state index is 6.55. The second-order valence-electron chi connectivity index (χ2n) is 10.8. The third-order valence-corrected chi connectivity index (χ3v) is 7.83. The summed E-state index contributed by atoms with van der Waals surface area (Å²) in [5.41, 5.74) is 10.1. The summed E-state index contributed by atoms with van der Waals surface area (Å²) in [6.07, 6.45) is 0. The third kappa shape index (κ3) is 3.63. The molecule has 0 aliphatic heterocycles. The summed E-state index contributed by atoms with van der Waals surface area (Å²) in [5.74, 6) is 1.13. The molecule has 4 nitrogen and oxygen atoms in total. The molecule has 3 heterocycles. The Morgan fingerprint density at radius 2 is 1.41 bits per heavy atom. The molecular formula is C35H29N3O. The Labute approximate surface area is 227 Å². The van der Waals surface area contributed by atoms with Gasteiger partial charge in [0.1, 0.15) is 11.4 Å². The minimum Gasteiger partial charge on any atom is -0.437 e. The van der Waals surface area contributed by atoms with Crippen LogP contribution in [0.25, 0.3) is 66.3 Å². The lowest BCUT2D eigenvalue weighted by molar-refractivity contribution is 0.655. The van der Waals surface area contributed by atoms with Gasteiger partial charge in [-0.1, -0.05) is 68.4 Å². The van der Waals surface area contributed by atoms with E-state index in [1.165, 1.54) is 27.5 Å². The second kappa shape index (κ2) is 8.74. The highest BCUT2D eigenvalue weighted by Gasteiger charge is 2.20. The second-order valence-corrected chi connectivity index (χ2v) is 10.8.